The first-order valence-electron chi connectivity index (χ1n) is 6.03. The summed E-state index contributed by atoms with van der Waals surface area (Å²) >= 11 is 0. The van der Waals surface area contributed by atoms with Gasteiger partial charge in [-0.25, -0.2) is 9.97 Å². The van der Waals surface area contributed by atoms with E-state index in [0.29, 0.717) is 11.7 Å². The number of hydrogen-bond donors (Lipinski definition) is 1. The molecule has 0 bridgehead atoms. The van der Waals surface area contributed by atoms with Crippen molar-refractivity contribution in [3.8, 4) is 5.82 Å². The highest BCUT2D eigenvalue weighted by Gasteiger charge is 2.11. The van der Waals surface area contributed by atoms with Gasteiger partial charge in [0, 0.05) is 5.69 Å². The molecule has 0 aliphatic carbocycles. The van der Waals surface area contributed by atoms with Gasteiger partial charge in [-0.15, -0.1) is 5.10 Å². The second-order valence-electron chi connectivity index (χ2n) is 4.69. The van der Waals surface area contributed by atoms with Gasteiger partial charge in [-0.3, -0.25) is 0 Å². The van der Waals surface area contributed by atoms with Gasteiger partial charge in [0.2, 0.25) is 0 Å². The van der Waals surface area contributed by atoms with Crippen LogP contribution in [0, 0.1) is 13.8 Å². The number of pyridine rings is 1. The number of nitrogens with zero attached hydrogens (tertiary/aromatic N) is 4. The minimum Gasteiger partial charge on any atom is -0.392 e. The van der Waals surface area contributed by atoms with Crippen LogP contribution in [0.4, 0.5) is 0 Å². The Labute approximate surface area is 107 Å². The Morgan fingerprint density at radius 3 is 2.44 bits per heavy atom. The molecule has 0 spiro atoms. The van der Waals surface area contributed by atoms with Crippen molar-refractivity contribution in [1.29, 1.82) is 0 Å². The average Bonchev–Trinajstić information content (AvgIpc) is 2.67. The molecule has 1 N–H and O–H groups in total. The Hall–Kier alpha value is -1.75. The third-order valence-electron chi connectivity index (χ3n) is 2.76. The van der Waals surface area contributed by atoms with E-state index in [1.54, 1.807) is 4.68 Å². The predicted molar refractivity (Wildman–Crippen MR) is 68.6 cm³/mol. The molecule has 0 saturated carbocycles. The fourth-order valence-electron chi connectivity index (χ4n) is 1.83. The van der Waals surface area contributed by atoms with E-state index >= 15 is 0 Å². The molecule has 18 heavy (non-hydrogen) atoms. The number of aromatic nitrogens is 4. The van der Waals surface area contributed by atoms with Crippen molar-refractivity contribution in [2.75, 3.05) is 0 Å². The summed E-state index contributed by atoms with van der Waals surface area (Å²) in [6.45, 7) is 7.90. The van der Waals surface area contributed by atoms with E-state index in [1.807, 2.05) is 26.0 Å². The molecule has 0 radical (unpaired) electrons. The lowest BCUT2D eigenvalue weighted by molar-refractivity contribution is 0.281. The summed E-state index contributed by atoms with van der Waals surface area (Å²) in [7, 11) is 0. The third kappa shape index (κ3) is 2.41. The number of hydrogen-bond acceptors (Lipinski definition) is 4. The van der Waals surface area contributed by atoms with Crippen molar-refractivity contribution in [2.45, 2.75) is 40.2 Å². The first-order valence-corrected chi connectivity index (χ1v) is 6.03. The fraction of sp³-hybridized carbons (Fsp3) is 0.462. The maximum Gasteiger partial charge on any atom is 0.156 e. The van der Waals surface area contributed by atoms with Gasteiger partial charge in [-0.1, -0.05) is 13.8 Å². The Bertz CT molecular complexity index is 560. The van der Waals surface area contributed by atoms with Crippen molar-refractivity contribution in [3.05, 3.63) is 35.0 Å². The van der Waals surface area contributed by atoms with Crippen molar-refractivity contribution in [3.63, 3.8) is 0 Å². The molecule has 5 heteroatoms. The lowest BCUT2D eigenvalue weighted by Crippen LogP contribution is -2.06. The zero-order valence-corrected chi connectivity index (χ0v) is 11.2. The molecule has 96 valence electrons. The van der Waals surface area contributed by atoms with Crippen LogP contribution in [0.2, 0.25) is 0 Å². The number of aryl methyl sites for hydroxylation is 2. The van der Waals surface area contributed by atoms with Crippen LogP contribution in [0.15, 0.2) is 12.1 Å². The topological polar surface area (TPSA) is 63.8 Å². The van der Waals surface area contributed by atoms with Crippen LogP contribution in [0.3, 0.4) is 0 Å². The summed E-state index contributed by atoms with van der Waals surface area (Å²) in [5.41, 5.74) is 1.79. The van der Waals surface area contributed by atoms with Crippen LogP contribution in [-0.2, 0) is 6.61 Å². The molecule has 0 amide bonds. The highest BCUT2D eigenvalue weighted by molar-refractivity contribution is 5.31. The van der Waals surface area contributed by atoms with Crippen LogP contribution < -0.4 is 0 Å². The lowest BCUT2D eigenvalue weighted by atomic mass is 10.1. The summed E-state index contributed by atoms with van der Waals surface area (Å²) < 4.78 is 1.71. The molecule has 0 unspecified atom stereocenters. The van der Waals surface area contributed by atoms with Gasteiger partial charge >= 0.3 is 0 Å². The minimum absolute atomic E-state index is 0.00195. The Kier molecular flexibility index (Phi) is 3.43. The minimum atomic E-state index is 0.00195. The SMILES string of the molecule is Cc1nc(C)n(-c2cc(CO)cc(C(C)C)n2)n1. The van der Waals surface area contributed by atoms with E-state index in [9.17, 15) is 5.11 Å². The molecule has 0 saturated heterocycles. The summed E-state index contributed by atoms with van der Waals surface area (Å²) in [4.78, 5) is 8.84. The van der Waals surface area contributed by atoms with Gasteiger partial charge in [-0.05, 0) is 37.5 Å². The molecule has 5 nitrogen and oxygen atoms in total. The normalized spacial score (nSPS) is 11.2. The van der Waals surface area contributed by atoms with Crippen LogP contribution in [0.25, 0.3) is 5.82 Å². The highest BCUT2D eigenvalue weighted by Crippen LogP contribution is 2.17. The van der Waals surface area contributed by atoms with Crippen LogP contribution in [0.1, 0.15) is 42.7 Å². The van der Waals surface area contributed by atoms with Crippen molar-refractivity contribution in [1.82, 2.24) is 19.7 Å². The molecular formula is C13H18N4O. The van der Waals surface area contributed by atoms with Crippen molar-refractivity contribution in [2.24, 2.45) is 0 Å². The molecule has 0 aliphatic heterocycles. The van der Waals surface area contributed by atoms with Gasteiger partial charge in [0.05, 0.1) is 6.61 Å². The van der Waals surface area contributed by atoms with Gasteiger partial charge in [0.15, 0.2) is 5.82 Å². The Balaban J connectivity index is 2.56. The second-order valence-corrected chi connectivity index (χ2v) is 4.69. The predicted octanol–water partition coefficient (Wildman–Crippen LogP) is 1.89. The molecular weight excluding hydrogens is 228 g/mol. The summed E-state index contributed by atoms with van der Waals surface area (Å²) in [5.74, 6) is 2.53. The number of aliphatic hydroxyl groups is 1. The standard InChI is InChI=1S/C13H18N4O/c1-8(2)12-5-11(7-18)6-13(15-12)17-10(4)14-9(3)16-17/h5-6,8,18H,7H2,1-4H3. The zero-order chi connectivity index (χ0) is 13.3. The fourth-order valence-corrected chi connectivity index (χ4v) is 1.83. The van der Waals surface area contributed by atoms with Crippen LogP contribution >= 0.6 is 0 Å². The molecule has 2 aromatic rings. The van der Waals surface area contributed by atoms with Gasteiger partial charge in [0.25, 0.3) is 0 Å². The Morgan fingerprint density at radius 2 is 1.94 bits per heavy atom. The quantitative estimate of drug-likeness (QED) is 0.898. The van der Waals surface area contributed by atoms with Gasteiger partial charge < -0.3 is 5.11 Å². The van der Waals surface area contributed by atoms with E-state index in [0.717, 1.165) is 22.9 Å². The largest absolute Gasteiger partial charge is 0.392 e. The summed E-state index contributed by atoms with van der Waals surface area (Å²) in [6, 6.07) is 3.76. The van der Waals surface area contributed by atoms with E-state index in [4.69, 9.17) is 0 Å². The third-order valence-corrected chi connectivity index (χ3v) is 2.76. The van der Waals surface area contributed by atoms with E-state index in [-0.39, 0.29) is 6.61 Å². The molecule has 2 heterocycles. The van der Waals surface area contributed by atoms with E-state index in [2.05, 4.69) is 28.9 Å². The van der Waals surface area contributed by atoms with Gasteiger partial charge in [0.1, 0.15) is 11.6 Å². The molecule has 0 aromatic carbocycles. The molecule has 0 fully saturated rings. The Morgan fingerprint density at radius 1 is 1.22 bits per heavy atom. The molecule has 0 aliphatic rings. The first kappa shape index (κ1) is 12.7. The van der Waals surface area contributed by atoms with Gasteiger partial charge in [-0.2, -0.15) is 4.68 Å². The number of aliphatic hydroxyl groups excluding tert-OH is 1. The van der Waals surface area contributed by atoms with Crippen molar-refractivity contribution < 1.29 is 5.11 Å². The monoisotopic (exact) mass is 246 g/mol. The smallest absolute Gasteiger partial charge is 0.156 e. The zero-order valence-electron chi connectivity index (χ0n) is 11.2. The maximum absolute atomic E-state index is 9.32. The van der Waals surface area contributed by atoms with Crippen LogP contribution in [-0.4, -0.2) is 24.9 Å². The lowest BCUT2D eigenvalue weighted by Gasteiger charge is -2.10. The molecule has 2 rings (SSSR count). The maximum atomic E-state index is 9.32. The summed E-state index contributed by atoms with van der Waals surface area (Å²) in [6.07, 6.45) is 0. The second kappa shape index (κ2) is 4.86. The average molecular weight is 246 g/mol. The van der Waals surface area contributed by atoms with Crippen molar-refractivity contribution >= 4 is 0 Å². The molecule has 0 atom stereocenters. The van der Waals surface area contributed by atoms with Crippen LogP contribution in [0.5, 0.6) is 0 Å². The summed E-state index contributed by atoms with van der Waals surface area (Å²) in [5, 5.41) is 13.6. The van der Waals surface area contributed by atoms with E-state index in [1.165, 1.54) is 0 Å². The van der Waals surface area contributed by atoms with E-state index < -0.39 is 0 Å². The molecule has 2 aromatic heterocycles. The highest BCUT2D eigenvalue weighted by atomic mass is 16.3. The number of rotatable bonds is 3. The first-order chi connectivity index (χ1) is 8.51.